The van der Waals surface area contributed by atoms with E-state index in [4.69, 9.17) is 9.47 Å². The third-order valence-electron chi connectivity index (χ3n) is 5.01. The zero-order valence-electron chi connectivity index (χ0n) is 16.4. The maximum Gasteiger partial charge on any atom is 0.231 e. The molecule has 0 saturated heterocycles. The van der Waals surface area contributed by atoms with Crippen LogP contribution in [0.15, 0.2) is 53.7 Å². The van der Waals surface area contributed by atoms with Crippen LogP contribution in [0.2, 0.25) is 0 Å². The number of H-pyrrole nitrogens is 1. The first-order valence-corrected chi connectivity index (χ1v) is 9.60. The molecule has 3 aromatic rings. The molecule has 4 rings (SSSR count). The van der Waals surface area contributed by atoms with Crippen molar-refractivity contribution in [3.63, 3.8) is 0 Å². The van der Waals surface area contributed by atoms with E-state index in [1.165, 1.54) is 16.5 Å². The van der Waals surface area contributed by atoms with Crippen LogP contribution in [0.25, 0.3) is 10.9 Å². The Balaban J connectivity index is 1.28. The molecule has 1 aliphatic heterocycles. The fraction of sp³-hybridized carbons (Fsp3) is 0.318. The molecule has 0 unspecified atom stereocenters. The second-order valence-electron chi connectivity index (χ2n) is 6.98. The summed E-state index contributed by atoms with van der Waals surface area (Å²) in [4.78, 5) is 9.87. The number of nitrogens with zero attached hydrogens (tertiary/aromatic N) is 2. The first kappa shape index (κ1) is 18.2. The van der Waals surface area contributed by atoms with E-state index >= 15 is 0 Å². The molecule has 146 valence electrons. The topological polar surface area (TPSA) is 61.9 Å². The van der Waals surface area contributed by atoms with E-state index in [-0.39, 0.29) is 0 Å². The lowest BCUT2D eigenvalue weighted by molar-refractivity contribution is 0.174. The van der Waals surface area contributed by atoms with Gasteiger partial charge in [0.25, 0.3) is 0 Å². The normalized spacial score (nSPS) is 13.1. The Morgan fingerprint density at radius 2 is 2.04 bits per heavy atom. The Morgan fingerprint density at radius 1 is 1.18 bits per heavy atom. The van der Waals surface area contributed by atoms with Crippen molar-refractivity contribution < 1.29 is 9.47 Å². The van der Waals surface area contributed by atoms with Crippen molar-refractivity contribution in [1.29, 1.82) is 0 Å². The molecule has 2 aromatic carbocycles. The Kier molecular flexibility index (Phi) is 5.37. The number of rotatable bonds is 6. The summed E-state index contributed by atoms with van der Waals surface area (Å²) in [5.74, 6) is 2.51. The Morgan fingerprint density at radius 3 is 2.93 bits per heavy atom. The summed E-state index contributed by atoms with van der Waals surface area (Å²) in [6.45, 7) is 1.92. The van der Waals surface area contributed by atoms with Gasteiger partial charge in [-0.1, -0.05) is 24.3 Å². The first-order chi connectivity index (χ1) is 13.7. The summed E-state index contributed by atoms with van der Waals surface area (Å²) in [6.07, 6.45) is 4.18. The van der Waals surface area contributed by atoms with E-state index in [0.717, 1.165) is 49.0 Å². The van der Waals surface area contributed by atoms with Gasteiger partial charge in [0.2, 0.25) is 6.79 Å². The molecule has 0 atom stereocenters. The van der Waals surface area contributed by atoms with Crippen molar-refractivity contribution in [2.45, 2.75) is 19.4 Å². The minimum atomic E-state index is 0.300. The average molecular weight is 378 g/mol. The third kappa shape index (κ3) is 3.91. The molecule has 6 nitrogen and oxygen atoms in total. The van der Waals surface area contributed by atoms with Crippen molar-refractivity contribution in [2.75, 3.05) is 27.4 Å². The van der Waals surface area contributed by atoms with Gasteiger partial charge >= 0.3 is 0 Å². The van der Waals surface area contributed by atoms with Gasteiger partial charge in [0.1, 0.15) is 0 Å². The molecule has 1 aliphatic rings. The van der Waals surface area contributed by atoms with Gasteiger partial charge in [-0.25, -0.2) is 0 Å². The Hall–Kier alpha value is -3.15. The molecule has 0 radical (unpaired) electrons. The van der Waals surface area contributed by atoms with Gasteiger partial charge in [0.15, 0.2) is 17.5 Å². The summed E-state index contributed by atoms with van der Waals surface area (Å²) in [5, 5.41) is 4.77. The molecule has 28 heavy (non-hydrogen) atoms. The molecule has 0 bridgehead atoms. The molecule has 2 N–H and O–H groups in total. The predicted octanol–water partition coefficient (Wildman–Crippen LogP) is 3.54. The molecule has 0 amide bonds. The Bertz CT molecular complexity index is 980. The van der Waals surface area contributed by atoms with Crippen molar-refractivity contribution in [3.8, 4) is 11.5 Å². The zero-order valence-corrected chi connectivity index (χ0v) is 16.4. The minimum absolute atomic E-state index is 0.300. The fourth-order valence-electron chi connectivity index (χ4n) is 3.59. The summed E-state index contributed by atoms with van der Waals surface area (Å²) in [7, 11) is 3.86. The highest BCUT2D eigenvalue weighted by Crippen LogP contribution is 2.32. The number of guanidine groups is 1. The summed E-state index contributed by atoms with van der Waals surface area (Å²) in [6, 6.07) is 14.5. The largest absolute Gasteiger partial charge is 0.454 e. The average Bonchev–Trinajstić information content (AvgIpc) is 3.34. The number of aromatic nitrogens is 1. The van der Waals surface area contributed by atoms with Crippen LogP contribution in [-0.4, -0.2) is 43.3 Å². The van der Waals surface area contributed by atoms with Crippen LogP contribution >= 0.6 is 0 Å². The van der Waals surface area contributed by atoms with Crippen molar-refractivity contribution in [1.82, 2.24) is 15.2 Å². The van der Waals surface area contributed by atoms with Crippen LogP contribution < -0.4 is 14.8 Å². The molecule has 0 aliphatic carbocycles. The highest BCUT2D eigenvalue weighted by molar-refractivity contribution is 5.83. The maximum absolute atomic E-state index is 5.46. The van der Waals surface area contributed by atoms with Crippen molar-refractivity contribution in [2.24, 2.45) is 4.99 Å². The molecule has 0 spiro atoms. The SMILES string of the molecule is CN=C(NCCCc1c[nH]c2ccccc12)N(C)Cc1ccc2c(c1)OCO2. The number of aliphatic imine (C=N–C) groups is 1. The molecule has 2 heterocycles. The van der Waals surface area contributed by atoms with Crippen LogP contribution in [0.4, 0.5) is 0 Å². The number of ether oxygens (including phenoxy) is 2. The second-order valence-corrected chi connectivity index (χ2v) is 6.98. The lowest BCUT2D eigenvalue weighted by Gasteiger charge is -2.22. The quantitative estimate of drug-likeness (QED) is 0.391. The highest BCUT2D eigenvalue weighted by atomic mass is 16.7. The lowest BCUT2D eigenvalue weighted by Crippen LogP contribution is -2.39. The van der Waals surface area contributed by atoms with E-state index < -0.39 is 0 Å². The van der Waals surface area contributed by atoms with Crippen LogP contribution in [0, 0.1) is 0 Å². The molecule has 6 heteroatoms. The van der Waals surface area contributed by atoms with Gasteiger partial charge < -0.3 is 24.7 Å². The number of para-hydroxylation sites is 1. The van der Waals surface area contributed by atoms with Crippen LogP contribution in [0.1, 0.15) is 17.5 Å². The van der Waals surface area contributed by atoms with E-state index in [2.05, 4.69) is 56.7 Å². The summed E-state index contributed by atoms with van der Waals surface area (Å²) in [5.41, 5.74) is 3.72. The molecule has 0 saturated carbocycles. The monoisotopic (exact) mass is 378 g/mol. The van der Waals surface area contributed by atoms with E-state index in [1.54, 1.807) is 0 Å². The van der Waals surface area contributed by atoms with Crippen LogP contribution in [0.5, 0.6) is 11.5 Å². The predicted molar refractivity (Wildman–Crippen MR) is 112 cm³/mol. The van der Waals surface area contributed by atoms with Crippen LogP contribution in [0.3, 0.4) is 0 Å². The standard InChI is InChI=1S/C22H26N4O2/c1-23-22(26(2)14-16-9-10-20-21(12-16)28-15-27-20)24-11-5-6-17-13-25-19-8-4-3-7-18(17)19/h3-4,7-10,12-13,25H,5-6,11,14-15H2,1-2H3,(H,23,24). The Labute approximate surface area is 165 Å². The van der Waals surface area contributed by atoms with Crippen molar-refractivity contribution in [3.05, 3.63) is 59.8 Å². The number of nitrogens with one attached hydrogen (secondary N) is 2. The number of benzene rings is 2. The molecular formula is C22H26N4O2. The van der Waals surface area contributed by atoms with Crippen molar-refractivity contribution >= 4 is 16.9 Å². The number of hydrogen-bond acceptors (Lipinski definition) is 3. The van der Waals surface area contributed by atoms with Gasteiger partial charge in [0, 0.05) is 44.3 Å². The van der Waals surface area contributed by atoms with Gasteiger partial charge in [-0.3, -0.25) is 4.99 Å². The second kappa shape index (κ2) is 8.25. The van der Waals surface area contributed by atoms with Gasteiger partial charge in [0.05, 0.1) is 0 Å². The number of aromatic amines is 1. The fourth-order valence-corrected chi connectivity index (χ4v) is 3.59. The molecular weight excluding hydrogens is 352 g/mol. The van der Waals surface area contributed by atoms with Gasteiger partial charge in [-0.15, -0.1) is 0 Å². The van der Waals surface area contributed by atoms with E-state index in [9.17, 15) is 0 Å². The minimum Gasteiger partial charge on any atom is -0.454 e. The number of fused-ring (bicyclic) bond motifs is 2. The van der Waals surface area contributed by atoms with E-state index in [1.807, 2.05) is 26.2 Å². The molecule has 0 fully saturated rings. The molecule has 1 aromatic heterocycles. The zero-order chi connectivity index (χ0) is 19.3. The lowest BCUT2D eigenvalue weighted by atomic mass is 10.1. The first-order valence-electron chi connectivity index (χ1n) is 9.60. The smallest absolute Gasteiger partial charge is 0.231 e. The van der Waals surface area contributed by atoms with Gasteiger partial charge in [-0.05, 0) is 42.2 Å². The van der Waals surface area contributed by atoms with E-state index in [0.29, 0.717) is 6.79 Å². The summed E-state index contributed by atoms with van der Waals surface area (Å²) >= 11 is 0. The maximum atomic E-state index is 5.46. The highest BCUT2D eigenvalue weighted by Gasteiger charge is 2.14. The number of hydrogen-bond donors (Lipinski definition) is 2. The van der Waals surface area contributed by atoms with Crippen LogP contribution in [-0.2, 0) is 13.0 Å². The van der Waals surface area contributed by atoms with Gasteiger partial charge in [-0.2, -0.15) is 0 Å². The summed E-state index contributed by atoms with van der Waals surface area (Å²) < 4.78 is 10.8. The third-order valence-corrected chi connectivity index (χ3v) is 5.01. The number of aryl methyl sites for hydroxylation is 1.